The van der Waals surface area contributed by atoms with Crippen LogP contribution in [0, 0.1) is 0 Å². The van der Waals surface area contributed by atoms with Crippen LogP contribution in [0.4, 0.5) is 0 Å². The monoisotopic (exact) mass is 423 g/mol. The zero-order chi connectivity index (χ0) is 18.4. The maximum Gasteiger partial charge on any atom is 0.327 e. The van der Waals surface area contributed by atoms with Crippen molar-refractivity contribution in [3.05, 3.63) is 41.4 Å². The largest absolute Gasteiger partial charge is 0.465 e. The van der Waals surface area contributed by atoms with Gasteiger partial charge in [0, 0.05) is 10.0 Å². The van der Waals surface area contributed by atoms with E-state index in [1.165, 1.54) is 6.92 Å². The second kappa shape index (κ2) is 8.96. The van der Waals surface area contributed by atoms with Gasteiger partial charge in [0.1, 0.15) is 0 Å². The van der Waals surface area contributed by atoms with Crippen molar-refractivity contribution in [1.82, 2.24) is 14.8 Å². The van der Waals surface area contributed by atoms with Gasteiger partial charge in [-0.15, -0.1) is 11.7 Å². The Balaban J connectivity index is 2.34. The predicted molar refractivity (Wildman–Crippen MR) is 100 cm³/mol. The molecule has 132 valence electrons. The number of hydrogen-bond donors (Lipinski definition) is 0. The van der Waals surface area contributed by atoms with Crippen molar-refractivity contribution in [3.8, 4) is 11.4 Å². The second-order valence-corrected chi connectivity index (χ2v) is 7.04. The summed E-state index contributed by atoms with van der Waals surface area (Å²) in [5, 5.41) is 3.76. The van der Waals surface area contributed by atoms with Crippen LogP contribution in [-0.4, -0.2) is 38.4 Å². The van der Waals surface area contributed by atoms with Crippen LogP contribution >= 0.6 is 27.7 Å². The first-order valence-electron chi connectivity index (χ1n) is 7.61. The summed E-state index contributed by atoms with van der Waals surface area (Å²) in [7, 11) is 0. The van der Waals surface area contributed by atoms with Gasteiger partial charge in [-0.3, -0.25) is 9.59 Å². The minimum atomic E-state index is -0.975. The summed E-state index contributed by atoms with van der Waals surface area (Å²) >= 11 is 4.39. The third kappa shape index (κ3) is 5.02. The molecule has 0 bridgehead atoms. The Hall–Kier alpha value is -1.93. The van der Waals surface area contributed by atoms with Gasteiger partial charge in [0.2, 0.25) is 5.16 Å². The van der Waals surface area contributed by atoms with E-state index >= 15 is 0 Å². The van der Waals surface area contributed by atoms with Crippen molar-refractivity contribution in [1.29, 1.82) is 0 Å². The first-order chi connectivity index (χ1) is 12.0. The van der Waals surface area contributed by atoms with Crippen LogP contribution in [0.2, 0.25) is 0 Å². The highest BCUT2D eigenvalue weighted by atomic mass is 79.9. The second-order valence-electron chi connectivity index (χ2n) is 5.06. The van der Waals surface area contributed by atoms with Gasteiger partial charge in [0.15, 0.2) is 16.9 Å². The lowest BCUT2D eigenvalue weighted by atomic mass is 10.2. The summed E-state index contributed by atoms with van der Waals surface area (Å²) in [6.07, 6.45) is 1.71. The van der Waals surface area contributed by atoms with Crippen LogP contribution in [0.15, 0.2) is 46.5 Å². The summed E-state index contributed by atoms with van der Waals surface area (Å²) < 4.78 is 7.59. The smallest absolute Gasteiger partial charge is 0.327 e. The Kier molecular flexibility index (Phi) is 6.95. The number of esters is 1. The molecule has 1 aromatic carbocycles. The number of aromatic nitrogens is 3. The van der Waals surface area contributed by atoms with E-state index in [9.17, 15) is 9.59 Å². The lowest BCUT2D eigenvalue weighted by Crippen LogP contribution is -2.27. The minimum Gasteiger partial charge on any atom is -0.465 e. The molecular formula is C17H18BrN3O3S. The Bertz CT molecular complexity index is 774. The molecule has 0 saturated carbocycles. The van der Waals surface area contributed by atoms with Gasteiger partial charge >= 0.3 is 5.97 Å². The Morgan fingerprint density at radius 1 is 1.40 bits per heavy atom. The number of Topliss-reactive ketones (excluding diaryl/α,β-unsaturated/α-hetero) is 1. The van der Waals surface area contributed by atoms with E-state index in [2.05, 4.69) is 32.6 Å². The lowest BCUT2D eigenvalue weighted by molar-refractivity contribution is -0.144. The van der Waals surface area contributed by atoms with Gasteiger partial charge in [-0.05, 0) is 26.0 Å². The van der Waals surface area contributed by atoms with E-state index < -0.39 is 11.2 Å². The van der Waals surface area contributed by atoms with Crippen molar-refractivity contribution < 1.29 is 14.3 Å². The van der Waals surface area contributed by atoms with Gasteiger partial charge in [-0.1, -0.05) is 45.9 Å². The van der Waals surface area contributed by atoms with Crippen molar-refractivity contribution in [3.63, 3.8) is 0 Å². The first-order valence-corrected chi connectivity index (χ1v) is 9.29. The van der Waals surface area contributed by atoms with Gasteiger partial charge in [0.25, 0.3) is 0 Å². The number of ketones is 1. The molecule has 1 aromatic heterocycles. The van der Waals surface area contributed by atoms with Crippen molar-refractivity contribution in [2.45, 2.75) is 30.8 Å². The molecule has 8 heteroatoms. The van der Waals surface area contributed by atoms with Crippen LogP contribution in [-0.2, 0) is 20.9 Å². The molecule has 1 heterocycles. The lowest BCUT2D eigenvalue weighted by Gasteiger charge is -2.09. The minimum absolute atomic E-state index is 0.214. The van der Waals surface area contributed by atoms with Gasteiger partial charge < -0.3 is 4.74 Å². The molecule has 0 aliphatic rings. The molecule has 0 saturated heterocycles. The van der Waals surface area contributed by atoms with Gasteiger partial charge in [-0.2, -0.15) is 0 Å². The molecular weight excluding hydrogens is 406 g/mol. The highest BCUT2D eigenvalue weighted by molar-refractivity contribution is 9.10. The van der Waals surface area contributed by atoms with Crippen LogP contribution in [0.25, 0.3) is 11.4 Å². The molecule has 0 aliphatic carbocycles. The van der Waals surface area contributed by atoms with Crippen molar-refractivity contribution >= 4 is 39.4 Å². The topological polar surface area (TPSA) is 74.1 Å². The molecule has 2 aromatic rings. The average Bonchev–Trinajstić information content (AvgIpc) is 2.96. The average molecular weight is 424 g/mol. The Morgan fingerprint density at radius 3 is 2.64 bits per heavy atom. The van der Waals surface area contributed by atoms with Crippen LogP contribution < -0.4 is 0 Å². The van der Waals surface area contributed by atoms with Gasteiger partial charge in [0.05, 0.1) is 13.2 Å². The number of thioether (sulfide) groups is 1. The van der Waals surface area contributed by atoms with E-state index in [-0.39, 0.29) is 12.4 Å². The summed E-state index contributed by atoms with van der Waals surface area (Å²) in [6.45, 7) is 7.45. The standard InChI is InChI=1S/C17H18BrN3O3S/c1-4-10-21-15(12-6-8-13(18)9-7-12)19-17(20-21)25-14(11(3)22)16(23)24-5-2/h4,6-9,14H,1,5,10H2,2-3H3. The van der Waals surface area contributed by atoms with E-state index in [4.69, 9.17) is 4.74 Å². The number of ether oxygens (including phenoxy) is 1. The van der Waals surface area contributed by atoms with Crippen LogP contribution in [0.5, 0.6) is 0 Å². The number of carbonyl (C=O) groups is 2. The Morgan fingerprint density at radius 2 is 2.08 bits per heavy atom. The van der Waals surface area contributed by atoms with Crippen molar-refractivity contribution in [2.24, 2.45) is 0 Å². The molecule has 0 radical (unpaired) electrons. The quantitative estimate of drug-likeness (QED) is 0.280. The SMILES string of the molecule is C=CCn1nc(SC(C(C)=O)C(=O)OCC)nc1-c1ccc(Br)cc1. The summed E-state index contributed by atoms with van der Waals surface area (Å²) in [5.41, 5.74) is 0.875. The first kappa shape index (κ1) is 19.4. The van der Waals surface area contributed by atoms with E-state index in [1.54, 1.807) is 17.7 Å². The van der Waals surface area contributed by atoms with Crippen molar-refractivity contribution in [2.75, 3.05) is 6.61 Å². The molecule has 6 nitrogen and oxygen atoms in total. The van der Waals surface area contributed by atoms with Crippen LogP contribution in [0.1, 0.15) is 13.8 Å². The number of halogens is 1. The molecule has 2 rings (SSSR count). The molecule has 0 aliphatic heterocycles. The fraction of sp³-hybridized carbons (Fsp3) is 0.294. The summed E-state index contributed by atoms with van der Waals surface area (Å²) in [4.78, 5) is 28.2. The highest BCUT2D eigenvalue weighted by Crippen LogP contribution is 2.27. The summed E-state index contributed by atoms with van der Waals surface area (Å²) in [5.74, 6) is -0.236. The number of benzene rings is 1. The normalized spacial score (nSPS) is 11.8. The van der Waals surface area contributed by atoms with Gasteiger partial charge in [-0.25, -0.2) is 9.67 Å². The molecule has 0 N–H and O–H groups in total. The zero-order valence-corrected chi connectivity index (χ0v) is 16.3. The maximum atomic E-state index is 12.0. The number of allylic oxidation sites excluding steroid dienone is 1. The number of carbonyl (C=O) groups excluding carboxylic acids is 2. The molecule has 1 atom stereocenters. The molecule has 25 heavy (non-hydrogen) atoms. The van der Waals surface area contributed by atoms with Crippen LogP contribution in [0.3, 0.4) is 0 Å². The third-order valence-corrected chi connectivity index (χ3v) is 4.82. The van der Waals surface area contributed by atoms with E-state index in [0.717, 1.165) is 21.8 Å². The fourth-order valence-electron chi connectivity index (χ4n) is 2.05. The maximum absolute atomic E-state index is 12.0. The molecule has 1 unspecified atom stereocenters. The Labute approximate surface area is 158 Å². The molecule has 0 spiro atoms. The highest BCUT2D eigenvalue weighted by Gasteiger charge is 2.28. The number of rotatable bonds is 8. The number of nitrogens with zero attached hydrogens (tertiary/aromatic N) is 3. The number of hydrogen-bond acceptors (Lipinski definition) is 6. The summed E-state index contributed by atoms with van der Waals surface area (Å²) in [6, 6.07) is 7.64. The van der Waals surface area contributed by atoms with E-state index in [0.29, 0.717) is 17.5 Å². The molecule has 0 amide bonds. The zero-order valence-electron chi connectivity index (χ0n) is 13.9. The predicted octanol–water partition coefficient (Wildman–Crippen LogP) is 3.51. The fourth-order valence-corrected chi connectivity index (χ4v) is 3.14. The molecule has 0 fully saturated rings. The third-order valence-electron chi connectivity index (χ3n) is 3.15. The van der Waals surface area contributed by atoms with E-state index in [1.807, 2.05) is 24.3 Å².